The van der Waals surface area contributed by atoms with Gasteiger partial charge in [-0.25, -0.2) is 0 Å². The molecule has 0 aliphatic carbocycles. The molecule has 1 saturated heterocycles. The highest BCUT2D eigenvalue weighted by molar-refractivity contribution is 8.26. The number of aromatic hydroxyl groups is 1. The van der Waals surface area contributed by atoms with Gasteiger partial charge < -0.3 is 14.6 Å². The molecule has 36 heavy (non-hydrogen) atoms. The second-order valence-electron chi connectivity index (χ2n) is 7.81. The van der Waals surface area contributed by atoms with Crippen LogP contribution in [0.25, 0.3) is 6.08 Å². The van der Waals surface area contributed by atoms with Gasteiger partial charge in [-0.3, -0.25) is 30.1 Å². The molecule has 3 amide bonds. The number of carbonyl (C=O) groups excluding carboxylic acids is 3. The first-order chi connectivity index (χ1) is 17.3. The fourth-order valence-corrected chi connectivity index (χ4v) is 4.74. The lowest BCUT2D eigenvalue weighted by Crippen LogP contribution is -2.41. The lowest BCUT2D eigenvalue weighted by atomic mass is 10.1. The number of carbonyl (C=O) groups is 3. The molecule has 3 rings (SSSR count). The van der Waals surface area contributed by atoms with Crippen LogP contribution in [0.15, 0.2) is 47.4 Å². The molecule has 0 spiro atoms. The molecular weight excluding hydrogens is 502 g/mol. The number of thiocarbonyl (C=S) groups is 1. The zero-order valence-corrected chi connectivity index (χ0v) is 21.5. The Bertz CT molecular complexity index is 1180. The SMILES string of the molecule is COc1ccc(/C=C2\SC(=S)N(CCCCCC(=O)NNC(=O)c3cccc(O)c3)C2=O)cc1OC. The molecule has 0 radical (unpaired) electrons. The highest BCUT2D eigenvalue weighted by Gasteiger charge is 2.31. The number of amides is 3. The van der Waals surface area contributed by atoms with E-state index in [4.69, 9.17) is 21.7 Å². The number of nitrogens with zero attached hydrogens (tertiary/aromatic N) is 1. The van der Waals surface area contributed by atoms with Crippen LogP contribution < -0.4 is 20.3 Å². The van der Waals surface area contributed by atoms with E-state index in [0.29, 0.717) is 46.5 Å². The van der Waals surface area contributed by atoms with Crippen LogP contribution in [0.4, 0.5) is 0 Å². The van der Waals surface area contributed by atoms with Crippen LogP contribution in [-0.2, 0) is 9.59 Å². The van der Waals surface area contributed by atoms with Gasteiger partial charge in [0, 0.05) is 18.5 Å². The Morgan fingerprint density at radius 3 is 2.56 bits per heavy atom. The summed E-state index contributed by atoms with van der Waals surface area (Å²) in [6, 6.07) is 11.2. The maximum absolute atomic E-state index is 12.8. The zero-order chi connectivity index (χ0) is 26.1. The molecule has 1 fully saturated rings. The summed E-state index contributed by atoms with van der Waals surface area (Å²) in [7, 11) is 3.12. The molecule has 1 heterocycles. The van der Waals surface area contributed by atoms with Crippen LogP contribution >= 0.6 is 24.0 Å². The molecule has 11 heteroatoms. The van der Waals surface area contributed by atoms with Gasteiger partial charge in [-0.1, -0.05) is 42.5 Å². The summed E-state index contributed by atoms with van der Waals surface area (Å²) in [5.41, 5.74) is 5.71. The second kappa shape index (κ2) is 12.9. The average molecular weight is 530 g/mol. The summed E-state index contributed by atoms with van der Waals surface area (Å²) in [5.74, 6) is 0.153. The Kier molecular flexibility index (Phi) is 9.71. The Morgan fingerprint density at radius 1 is 1.06 bits per heavy atom. The maximum Gasteiger partial charge on any atom is 0.269 e. The van der Waals surface area contributed by atoms with Crippen molar-refractivity contribution in [3.8, 4) is 17.2 Å². The first kappa shape index (κ1) is 27.0. The molecule has 3 N–H and O–H groups in total. The predicted molar refractivity (Wildman–Crippen MR) is 142 cm³/mol. The number of hydrogen-bond acceptors (Lipinski definition) is 8. The number of benzene rings is 2. The summed E-state index contributed by atoms with van der Waals surface area (Å²) in [6.07, 6.45) is 3.97. The standard InChI is InChI=1S/C25H27N3O6S2/c1-33-19-11-10-16(13-20(19)34-2)14-21-24(32)28(25(35)36-21)12-5-3-4-9-22(30)26-27-23(31)17-7-6-8-18(29)15-17/h6-8,10-11,13-15,29H,3-5,9,12H2,1-2H3,(H,26,30)(H,27,31)/b21-14-. The Hall–Kier alpha value is -3.57. The summed E-state index contributed by atoms with van der Waals surface area (Å²) in [6.45, 7) is 0.462. The highest BCUT2D eigenvalue weighted by Crippen LogP contribution is 2.34. The smallest absolute Gasteiger partial charge is 0.269 e. The van der Waals surface area contributed by atoms with E-state index in [1.54, 1.807) is 37.3 Å². The quantitative estimate of drug-likeness (QED) is 0.185. The summed E-state index contributed by atoms with van der Waals surface area (Å²) in [5, 5.41) is 9.42. The van der Waals surface area contributed by atoms with Crippen molar-refractivity contribution in [3.63, 3.8) is 0 Å². The van der Waals surface area contributed by atoms with Crippen LogP contribution in [0.1, 0.15) is 41.6 Å². The first-order valence-corrected chi connectivity index (χ1v) is 12.4. The number of methoxy groups -OCH3 is 2. The molecule has 9 nitrogen and oxygen atoms in total. The van der Waals surface area contributed by atoms with Gasteiger partial charge in [0.1, 0.15) is 10.1 Å². The van der Waals surface area contributed by atoms with E-state index in [0.717, 1.165) is 5.56 Å². The van der Waals surface area contributed by atoms with Crippen molar-refractivity contribution in [1.82, 2.24) is 15.8 Å². The third-order valence-electron chi connectivity index (χ3n) is 5.29. The van der Waals surface area contributed by atoms with Crippen LogP contribution in [0.2, 0.25) is 0 Å². The van der Waals surface area contributed by atoms with Gasteiger partial charge in [0.25, 0.3) is 11.8 Å². The molecular formula is C25H27N3O6S2. The van der Waals surface area contributed by atoms with Crippen molar-refractivity contribution < 1.29 is 29.0 Å². The number of thioether (sulfide) groups is 1. The minimum atomic E-state index is -0.519. The molecule has 2 aromatic carbocycles. The van der Waals surface area contributed by atoms with E-state index in [1.165, 1.54) is 36.0 Å². The van der Waals surface area contributed by atoms with Gasteiger partial charge in [0.05, 0.1) is 19.1 Å². The van der Waals surface area contributed by atoms with Crippen molar-refractivity contribution in [2.45, 2.75) is 25.7 Å². The van der Waals surface area contributed by atoms with Crippen LogP contribution in [0, 0.1) is 0 Å². The lowest BCUT2D eigenvalue weighted by Gasteiger charge is -2.14. The number of phenols is 1. The number of ether oxygens (including phenoxy) is 2. The van der Waals surface area contributed by atoms with Crippen molar-refractivity contribution >= 4 is 52.1 Å². The van der Waals surface area contributed by atoms with Crippen molar-refractivity contribution in [2.24, 2.45) is 0 Å². The molecule has 190 valence electrons. The van der Waals surface area contributed by atoms with E-state index in [1.807, 2.05) is 6.07 Å². The van der Waals surface area contributed by atoms with Gasteiger partial charge in [-0.2, -0.15) is 0 Å². The van der Waals surface area contributed by atoms with Crippen molar-refractivity contribution in [2.75, 3.05) is 20.8 Å². The average Bonchev–Trinajstić information content (AvgIpc) is 3.14. The topological polar surface area (TPSA) is 117 Å². The molecule has 1 aliphatic heterocycles. The maximum atomic E-state index is 12.8. The third kappa shape index (κ3) is 7.22. The van der Waals surface area contributed by atoms with Gasteiger partial charge in [-0.15, -0.1) is 0 Å². The van der Waals surface area contributed by atoms with Gasteiger partial charge in [0.15, 0.2) is 11.5 Å². The highest BCUT2D eigenvalue weighted by atomic mass is 32.2. The number of hydrazine groups is 1. The van der Waals surface area contributed by atoms with Crippen molar-refractivity contribution in [1.29, 1.82) is 0 Å². The molecule has 2 aromatic rings. The van der Waals surface area contributed by atoms with Crippen molar-refractivity contribution in [3.05, 3.63) is 58.5 Å². The second-order valence-corrected chi connectivity index (χ2v) is 9.49. The van der Waals surface area contributed by atoms with E-state index in [2.05, 4.69) is 10.9 Å². The van der Waals surface area contributed by atoms with E-state index >= 15 is 0 Å². The minimum absolute atomic E-state index is 0.0353. The fourth-order valence-electron chi connectivity index (χ4n) is 3.43. The lowest BCUT2D eigenvalue weighted by molar-refractivity contribution is -0.123. The number of hydrogen-bond donors (Lipinski definition) is 3. The molecule has 0 unspecified atom stereocenters. The van der Waals surface area contributed by atoms with Gasteiger partial charge in [0.2, 0.25) is 5.91 Å². The molecule has 0 saturated carbocycles. The van der Waals surface area contributed by atoms with Gasteiger partial charge in [-0.05, 0) is 54.8 Å². The molecule has 0 atom stereocenters. The van der Waals surface area contributed by atoms with Crippen LogP contribution in [0.3, 0.4) is 0 Å². The van der Waals surface area contributed by atoms with Crippen LogP contribution in [0.5, 0.6) is 17.2 Å². The number of rotatable bonds is 10. The zero-order valence-electron chi connectivity index (χ0n) is 19.9. The minimum Gasteiger partial charge on any atom is -0.508 e. The van der Waals surface area contributed by atoms with E-state index in [-0.39, 0.29) is 29.5 Å². The summed E-state index contributed by atoms with van der Waals surface area (Å²) < 4.78 is 11.1. The Labute approximate surface area is 218 Å². The van der Waals surface area contributed by atoms with Gasteiger partial charge >= 0.3 is 0 Å². The largest absolute Gasteiger partial charge is 0.508 e. The first-order valence-electron chi connectivity index (χ1n) is 11.2. The molecule has 1 aliphatic rings. The normalized spacial score (nSPS) is 14.2. The number of phenolic OH excluding ortho intramolecular Hbond substituents is 1. The third-order valence-corrected chi connectivity index (χ3v) is 6.67. The Balaban J connectivity index is 1.40. The number of unbranched alkanes of at least 4 members (excludes halogenated alkanes) is 2. The monoisotopic (exact) mass is 529 g/mol. The Morgan fingerprint density at radius 2 is 1.83 bits per heavy atom. The fraction of sp³-hybridized carbons (Fsp3) is 0.280. The summed E-state index contributed by atoms with van der Waals surface area (Å²) >= 11 is 6.64. The van der Waals surface area contributed by atoms with E-state index in [9.17, 15) is 19.5 Å². The summed E-state index contributed by atoms with van der Waals surface area (Å²) in [4.78, 5) is 38.9. The van der Waals surface area contributed by atoms with Crippen LogP contribution in [-0.4, -0.2) is 52.8 Å². The predicted octanol–water partition coefficient (Wildman–Crippen LogP) is 3.63. The molecule has 0 bridgehead atoms. The molecule has 0 aromatic heterocycles. The number of nitrogens with one attached hydrogen (secondary N) is 2. The van der Waals surface area contributed by atoms with E-state index < -0.39 is 5.91 Å².